The summed E-state index contributed by atoms with van der Waals surface area (Å²) in [4.78, 5) is 12.1. The van der Waals surface area contributed by atoms with Gasteiger partial charge < -0.3 is 5.32 Å². The predicted octanol–water partition coefficient (Wildman–Crippen LogP) is 1.43. The second-order valence-electron chi connectivity index (χ2n) is 5.21. The summed E-state index contributed by atoms with van der Waals surface area (Å²) in [5.74, 6) is 0.518. The first-order valence-electron chi connectivity index (χ1n) is 6.85. The van der Waals surface area contributed by atoms with E-state index >= 15 is 0 Å². The zero-order valence-corrected chi connectivity index (χ0v) is 12.4. The summed E-state index contributed by atoms with van der Waals surface area (Å²) in [5, 5.41) is 7.96. The molecule has 20 heavy (non-hydrogen) atoms. The summed E-state index contributed by atoms with van der Waals surface area (Å²) in [6.07, 6.45) is 4.15. The van der Waals surface area contributed by atoms with Gasteiger partial charge in [-0.1, -0.05) is 25.8 Å². The topological polar surface area (TPSA) is 89.3 Å². The Hall–Kier alpha value is -1.40. The Balaban J connectivity index is 2.15. The first-order chi connectivity index (χ1) is 9.41. The number of benzene rings is 1. The average Bonchev–Trinajstić information content (AvgIpc) is 3.21. The molecule has 1 amide bonds. The molecule has 0 spiro atoms. The highest BCUT2D eigenvalue weighted by molar-refractivity contribution is 7.89. The second kappa shape index (κ2) is 5.93. The minimum Gasteiger partial charge on any atom is -0.352 e. The van der Waals surface area contributed by atoms with Crippen molar-refractivity contribution < 1.29 is 13.2 Å². The van der Waals surface area contributed by atoms with Crippen LogP contribution < -0.4 is 10.5 Å². The predicted molar refractivity (Wildman–Crippen MR) is 76.9 cm³/mol. The summed E-state index contributed by atoms with van der Waals surface area (Å²) in [5.41, 5.74) is 1.22. The minimum absolute atomic E-state index is 0.0259. The van der Waals surface area contributed by atoms with Crippen molar-refractivity contribution >= 4 is 15.9 Å². The molecule has 0 bridgehead atoms. The minimum atomic E-state index is -3.79. The standard InChI is InChI=1S/C14H20N2O3S/c1-2-11-5-6-12(20(15,18)19)9-13(11)14(17)16-8-7-10-3-4-10/h5-6,9-10H,2-4,7-8H2,1H3,(H,16,17)(H2,15,18,19). The summed E-state index contributed by atoms with van der Waals surface area (Å²) < 4.78 is 22.7. The van der Waals surface area contributed by atoms with Gasteiger partial charge in [-0.3, -0.25) is 4.79 Å². The molecular formula is C14H20N2O3S. The Kier molecular flexibility index (Phi) is 4.45. The zero-order valence-electron chi connectivity index (χ0n) is 11.6. The zero-order chi connectivity index (χ0) is 14.8. The van der Waals surface area contributed by atoms with Crippen LogP contribution in [0.15, 0.2) is 23.1 Å². The molecular weight excluding hydrogens is 276 g/mol. The molecule has 5 nitrogen and oxygen atoms in total. The molecule has 1 fully saturated rings. The largest absolute Gasteiger partial charge is 0.352 e. The Morgan fingerprint density at radius 2 is 2.10 bits per heavy atom. The highest BCUT2D eigenvalue weighted by Crippen LogP contribution is 2.31. The number of nitrogens with two attached hydrogens (primary N) is 1. The fourth-order valence-electron chi connectivity index (χ4n) is 2.14. The van der Waals surface area contributed by atoms with Crippen LogP contribution in [0.1, 0.15) is 42.1 Å². The molecule has 0 atom stereocenters. The maximum atomic E-state index is 12.2. The average molecular weight is 296 g/mol. The van der Waals surface area contributed by atoms with Gasteiger partial charge >= 0.3 is 0 Å². The fraction of sp³-hybridized carbons (Fsp3) is 0.500. The van der Waals surface area contributed by atoms with E-state index in [4.69, 9.17) is 5.14 Å². The van der Waals surface area contributed by atoms with E-state index in [9.17, 15) is 13.2 Å². The molecule has 0 heterocycles. The molecule has 0 unspecified atom stereocenters. The molecule has 1 aliphatic carbocycles. The number of hydrogen-bond donors (Lipinski definition) is 2. The third-order valence-electron chi connectivity index (χ3n) is 3.57. The number of sulfonamides is 1. The van der Waals surface area contributed by atoms with Gasteiger partial charge in [0.05, 0.1) is 4.90 Å². The number of carbonyl (C=O) groups excluding carboxylic acids is 1. The van der Waals surface area contributed by atoms with Crippen molar-refractivity contribution in [1.29, 1.82) is 0 Å². The van der Waals surface area contributed by atoms with E-state index in [0.717, 1.165) is 17.9 Å². The van der Waals surface area contributed by atoms with Crippen LogP contribution in [0.2, 0.25) is 0 Å². The SMILES string of the molecule is CCc1ccc(S(N)(=O)=O)cc1C(=O)NCCC1CC1. The van der Waals surface area contributed by atoms with Crippen LogP contribution >= 0.6 is 0 Å². The molecule has 0 saturated heterocycles. The number of hydrogen-bond acceptors (Lipinski definition) is 3. The van der Waals surface area contributed by atoms with Gasteiger partial charge in [-0.2, -0.15) is 0 Å². The lowest BCUT2D eigenvalue weighted by Gasteiger charge is -2.10. The molecule has 0 aromatic heterocycles. The van der Waals surface area contributed by atoms with Crippen molar-refractivity contribution in [3.8, 4) is 0 Å². The van der Waals surface area contributed by atoms with Crippen molar-refractivity contribution in [2.75, 3.05) is 6.54 Å². The van der Waals surface area contributed by atoms with E-state index in [-0.39, 0.29) is 10.8 Å². The quantitative estimate of drug-likeness (QED) is 0.832. The highest BCUT2D eigenvalue weighted by atomic mass is 32.2. The van der Waals surface area contributed by atoms with Crippen LogP contribution in [-0.2, 0) is 16.4 Å². The van der Waals surface area contributed by atoms with Gasteiger partial charge in [0.2, 0.25) is 10.0 Å². The highest BCUT2D eigenvalue weighted by Gasteiger charge is 2.21. The van der Waals surface area contributed by atoms with Crippen LogP contribution in [0.5, 0.6) is 0 Å². The van der Waals surface area contributed by atoms with Crippen molar-refractivity contribution in [3.05, 3.63) is 29.3 Å². The summed E-state index contributed by atoms with van der Waals surface area (Å²) in [6, 6.07) is 4.45. The van der Waals surface area contributed by atoms with E-state index < -0.39 is 10.0 Å². The van der Waals surface area contributed by atoms with E-state index in [1.165, 1.54) is 25.0 Å². The molecule has 2 rings (SSSR count). The number of aryl methyl sites for hydroxylation is 1. The van der Waals surface area contributed by atoms with E-state index in [0.29, 0.717) is 18.5 Å². The van der Waals surface area contributed by atoms with Gasteiger partial charge in [0, 0.05) is 12.1 Å². The van der Waals surface area contributed by atoms with E-state index in [2.05, 4.69) is 5.32 Å². The van der Waals surface area contributed by atoms with E-state index in [1.54, 1.807) is 6.07 Å². The van der Waals surface area contributed by atoms with Crippen LogP contribution in [0.25, 0.3) is 0 Å². The smallest absolute Gasteiger partial charge is 0.251 e. The summed E-state index contributed by atoms with van der Waals surface area (Å²) in [6.45, 7) is 2.55. The van der Waals surface area contributed by atoms with Crippen molar-refractivity contribution in [3.63, 3.8) is 0 Å². The fourth-order valence-corrected chi connectivity index (χ4v) is 2.68. The first-order valence-corrected chi connectivity index (χ1v) is 8.40. The molecule has 1 saturated carbocycles. The van der Waals surface area contributed by atoms with Crippen LogP contribution in [0.3, 0.4) is 0 Å². The van der Waals surface area contributed by atoms with Crippen LogP contribution in [0, 0.1) is 5.92 Å². The molecule has 1 aliphatic rings. The second-order valence-corrected chi connectivity index (χ2v) is 6.77. The summed E-state index contributed by atoms with van der Waals surface area (Å²) in [7, 11) is -3.79. The van der Waals surface area contributed by atoms with Crippen molar-refractivity contribution in [2.24, 2.45) is 11.1 Å². The molecule has 0 aliphatic heterocycles. The normalized spacial score (nSPS) is 15.1. The number of nitrogens with one attached hydrogen (secondary N) is 1. The number of amides is 1. The van der Waals surface area contributed by atoms with Gasteiger partial charge in [0.1, 0.15) is 0 Å². The number of carbonyl (C=O) groups is 1. The third kappa shape index (κ3) is 3.80. The molecule has 1 aromatic carbocycles. The van der Waals surface area contributed by atoms with Crippen LogP contribution in [-0.4, -0.2) is 20.9 Å². The molecule has 3 N–H and O–H groups in total. The lowest BCUT2D eigenvalue weighted by Crippen LogP contribution is -2.26. The van der Waals surface area contributed by atoms with Crippen LogP contribution in [0.4, 0.5) is 0 Å². The Labute approximate surface area is 119 Å². The first kappa shape index (κ1) is 15.0. The third-order valence-corrected chi connectivity index (χ3v) is 4.48. The maximum absolute atomic E-state index is 12.2. The number of primary sulfonamides is 1. The monoisotopic (exact) mass is 296 g/mol. The lowest BCUT2D eigenvalue weighted by molar-refractivity contribution is 0.0951. The Morgan fingerprint density at radius 3 is 2.65 bits per heavy atom. The molecule has 0 radical (unpaired) electrons. The van der Waals surface area contributed by atoms with Gasteiger partial charge in [-0.05, 0) is 36.5 Å². The van der Waals surface area contributed by atoms with Gasteiger partial charge in [0.25, 0.3) is 5.91 Å². The van der Waals surface area contributed by atoms with Crippen molar-refractivity contribution in [2.45, 2.75) is 37.5 Å². The lowest BCUT2D eigenvalue weighted by atomic mass is 10.0. The molecule has 6 heteroatoms. The van der Waals surface area contributed by atoms with Gasteiger partial charge in [-0.15, -0.1) is 0 Å². The maximum Gasteiger partial charge on any atom is 0.251 e. The number of rotatable bonds is 6. The Bertz CT molecular complexity index is 607. The van der Waals surface area contributed by atoms with Crippen molar-refractivity contribution in [1.82, 2.24) is 5.32 Å². The van der Waals surface area contributed by atoms with Gasteiger partial charge in [0.15, 0.2) is 0 Å². The van der Waals surface area contributed by atoms with Gasteiger partial charge in [-0.25, -0.2) is 13.6 Å². The summed E-state index contributed by atoms with van der Waals surface area (Å²) >= 11 is 0. The molecule has 1 aromatic rings. The Morgan fingerprint density at radius 1 is 1.40 bits per heavy atom. The van der Waals surface area contributed by atoms with E-state index in [1.807, 2.05) is 6.92 Å². The molecule has 110 valence electrons.